The summed E-state index contributed by atoms with van der Waals surface area (Å²) in [6, 6.07) is -0.310. The number of hydrogen-bond acceptors (Lipinski definition) is 5. The van der Waals surface area contributed by atoms with E-state index in [4.69, 9.17) is 4.74 Å². The van der Waals surface area contributed by atoms with E-state index < -0.39 is 24.1 Å². The van der Waals surface area contributed by atoms with Gasteiger partial charge in [0.15, 0.2) is 6.61 Å². The molecule has 144 valence electrons. The molecule has 2 heterocycles. The van der Waals surface area contributed by atoms with Gasteiger partial charge in [-0.1, -0.05) is 12.8 Å². The number of urea groups is 1. The van der Waals surface area contributed by atoms with Crippen molar-refractivity contribution in [1.29, 1.82) is 0 Å². The highest BCUT2D eigenvalue weighted by Crippen LogP contribution is 2.34. The minimum absolute atomic E-state index is 0.123. The molecule has 3 aliphatic rings. The lowest BCUT2D eigenvalue weighted by Crippen LogP contribution is -2.49. The van der Waals surface area contributed by atoms with Crippen LogP contribution in [-0.4, -0.2) is 64.4 Å². The van der Waals surface area contributed by atoms with Gasteiger partial charge < -0.3 is 15.0 Å². The van der Waals surface area contributed by atoms with Crippen molar-refractivity contribution in [2.45, 2.75) is 76.4 Å². The number of piperidine rings is 1. The lowest BCUT2D eigenvalue weighted by Gasteiger charge is -2.38. The molecular weight excluding hydrogens is 338 g/mol. The maximum atomic E-state index is 12.5. The number of ether oxygens (including phenoxy) is 1. The molecule has 1 spiro atoms. The average Bonchev–Trinajstić information content (AvgIpc) is 3.14. The molecule has 1 saturated carbocycles. The zero-order chi connectivity index (χ0) is 18.9. The number of nitrogens with zero attached hydrogens (tertiary/aromatic N) is 2. The minimum Gasteiger partial charge on any atom is -0.454 e. The van der Waals surface area contributed by atoms with Crippen molar-refractivity contribution in [2.75, 3.05) is 13.2 Å². The Balaban J connectivity index is 1.52. The van der Waals surface area contributed by atoms with E-state index in [-0.39, 0.29) is 30.5 Å². The third kappa shape index (κ3) is 3.41. The molecule has 0 bridgehead atoms. The van der Waals surface area contributed by atoms with Gasteiger partial charge in [-0.3, -0.25) is 19.3 Å². The molecular formula is C18H27N3O5. The van der Waals surface area contributed by atoms with E-state index in [0.29, 0.717) is 12.8 Å². The number of rotatable bonds is 4. The van der Waals surface area contributed by atoms with Crippen LogP contribution in [-0.2, 0) is 19.1 Å². The van der Waals surface area contributed by atoms with Gasteiger partial charge in [-0.25, -0.2) is 4.79 Å². The van der Waals surface area contributed by atoms with E-state index in [9.17, 15) is 19.2 Å². The molecule has 0 aromatic heterocycles. The van der Waals surface area contributed by atoms with Gasteiger partial charge in [0, 0.05) is 12.1 Å². The number of amides is 4. The minimum atomic E-state index is -0.841. The van der Waals surface area contributed by atoms with E-state index in [1.54, 1.807) is 4.90 Å². The first-order valence-electron chi connectivity index (χ1n) is 9.45. The summed E-state index contributed by atoms with van der Waals surface area (Å²) in [6.07, 6.45) is 5.93. The van der Waals surface area contributed by atoms with Crippen molar-refractivity contribution >= 4 is 23.8 Å². The van der Waals surface area contributed by atoms with E-state index in [1.807, 2.05) is 13.8 Å². The van der Waals surface area contributed by atoms with E-state index in [1.165, 1.54) is 0 Å². The number of likely N-dealkylation sites (tertiary alicyclic amines) is 1. The molecule has 3 fully saturated rings. The van der Waals surface area contributed by atoms with Crippen molar-refractivity contribution in [1.82, 2.24) is 15.1 Å². The molecule has 8 nitrogen and oxygen atoms in total. The number of carbonyl (C=O) groups excluding carboxylic acids is 4. The van der Waals surface area contributed by atoms with Crippen molar-refractivity contribution in [2.24, 2.45) is 0 Å². The fourth-order valence-electron chi connectivity index (χ4n) is 4.44. The highest BCUT2D eigenvalue weighted by molar-refractivity contribution is 6.08. The largest absolute Gasteiger partial charge is 0.454 e. The molecule has 3 rings (SSSR count). The molecule has 26 heavy (non-hydrogen) atoms. The first kappa shape index (κ1) is 18.7. The Morgan fingerprint density at radius 1 is 1.12 bits per heavy atom. The SMILES string of the molecule is C[C@@H]1CCC[C@@H](C)N1C(=O)COC(=O)CN1C(=O)NC2(CCCC2)C1=O. The monoisotopic (exact) mass is 365 g/mol. The van der Waals surface area contributed by atoms with Gasteiger partial charge in [0.2, 0.25) is 0 Å². The Morgan fingerprint density at radius 2 is 1.73 bits per heavy atom. The Hall–Kier alpha value is -2.12. The third-order valence-corrected chi connectivity index (χ3v) is 5.83. The smallest absolute Gasteiger partial charge is 0.326 e. The molecule has 2 atom stereocenters. The van der Waals surface area contributed by atoms with E-state index in [2.05, 4.69) is 5.32 Å². The highest BCUT2D eigenvalue weighted by atomic mass is 16.5. The van der Waals surface area contributed by atoms with Crippen LogP contribution < -0.4 is 5.32 Å². The van der Waals surface area contributed by atoms with Gasteiger partial charge >= 0.3 is 12.0 Å². The standard InChI is InChI=1S/C18H27N3O5/c1-12-6-5-7-13(2)21(12)14(22)11-26-15(23)10-20-16(24)18(19-17(20)25)8-3-4-9-18/h12-13H,3-11H2,1-2H3,(H,19,25)/t12-,13-/m1/s1. The molecule has 0 aromatic carbocycles. The Kier molecular flexibility index (Phi) is 5.20. The van der Waals surface area contributed by atoms with Gasteiger partial charge in [0.25, 0.3) is 11.8 Å². The summed E-state index contributed by atoms with van der Waals surface area (Å²) < 4.78 is 5.06. The quantitative estimate of drug-likeness (QED) is 0.596. The maximum Gasteiger partial charge on any atom is 0.326 e. The van der Waals surface area contributed by atoms with Crippen LogP contribution in [0.3, 0.4) is 0 Å². The number of nitrogens with one attached hydrogen (secondary N) is 1. The molecule has 0 aromatic rings. The number of esters is 1. The van der Waals surface area contributed by atoms with Gasteiger partial charge in [-0.05, 0) is 46.0 Å². The predicted octanol–water partition coefficient (Wildman–Crippen LogP) is 1.18. The summed E-state index contributed by atoms with van der Waals surface area (Å²) in [5.74, 6) is -1.33. The number of carbonyl (C=O) groups is 4. The van der Waals surface area contributed by atoms with Crippen molar-refractivity contribution < 1.29 is 23.9 Å². The average molecular weight is 365 g/mol. The second-order valence-corrected chi connectivity index (χ2v) is 7.70. The van der Waals surface area contributed by atoms with Gasteiger partial charge in [-0.2, -0.15) is 0 Å². The Bertz CT molecular complexity index is 604. The second kappa shape index (κ2) is 7.25. The van der Waals surface area contributed by atoms with Gasteiger partial charge in [0.05, 0.1) is 0 Å². The van der Waals surface area contributed by atoms with Crippen LogP contribution in [0.2, 0.25) is 0 Å². The number of hydrogen-bond donors (Lipinski definition) is 1. The fourth-order valence-corrected chi connectivity index (χ4v) is 4.44. The van der Waals surface area contributed by atoms with Crippen LogP contribution >= 0.6 is 0 Å². The summed E-state index contributed by atoms with van der Waals surface area (Å²) in [6.45, 7) is 3.17. The second-order valence-electron chi connectivity index (χ2n) is 7.70. The van der Waals surface area contributed by atoms with Crippen LogP contribution in [0.1, 0.15) is 58.8 Å². The molecule has 1 N–H and O–H groups in total. The fraction of sp³-hybridized carbons (Fsp3) is 0.778. The number of imide groups is 1. The Morgan fingerprint density at radius 3 is 2.35 bits per heavy atom. The summed E-state index contributed by atoms with van der Waals surface area (Å²) in [7, 11) is 0. The molecule has 2 aliphatic heterocycles. The van der Waals surface area contributed by atoms with Crippen molar-refractivity contribution in [3.8, 4) is 0 Å². The summed E-state index contributed by atoms with van der Waals surface area (Å²) in [5, 5.41) is 2.72. The topological polar surface area (TPSA) is 96.0 Å². The molecule has 8 heteroatoms. The summed E-state index contributed by atoms with van der Waals surface area (Å²) in [4.78, 5) is 51.7. The van der Waals surface area contributed by atoms with Crippen LogP contribution in [0.25, 0.3) is 0 Å². The summed E-state index contributed by atoms with van der Waals surface area (Å²) >= 11 is 0. The first-order valence-corrected chi connectivity index (χ1v) is 9.45. The predicted molar refractivity (Wildman–Crippen MR) is 92.0 cm³/mol. The van der Waals surface area contributed by atoms with Gasteiger partial charge in [-0.15, -0.1) is 0 Å². The normalized spacial score (nSPS) is 27.8. The van der Waals surface area contributed by atoms with Crippen LogP contribution in [0, 0.1) is 0 Å². The van der Waals surface area contributed by atoms with Crippen LogP contribution in [0.5, 0.6) is 0 Å². The molecule has 4 amide bonds. The molecule has 0 unspecified atom stereocenters. The highest BCUT2D eigenvalue weighted by Gasteiger charge is 2.52. The maximum absolute atomic E-state index is 12.5. The van der Waals surface area contributed by atoms with Crippen LogP contribution in [0.15, 0.2) is 0 Å². The van der Waals surface area contributed by atoms with E-state index >= 15 is 0 Å². The van der Waals surface area contributed by atoms with Crippen LogP contribution in [0.4, 0.5) is 4.79 Å². The summed E-state index contributed by atoms with van der Waals surface area (Å²) in [5.41, 5.74) is -0.841. The van der Waals surface area contributed by atoms with Crippen molar-refractivity contribution in [3.63, 3.8) is 0 Å². The molecule has 1 aliphatic carbocycles. The van der Waals surface area contributed by atoms with E-state index in [0.717, 1.165) is 37.0 Å². The van der Waals surface area contributed by atoms with Crippen molar-refractivity contribution in [3.05, 3.63) is 0 Å². The first-order chi connectivity index (χ1) is 12.3. The lowest BCUT2D eigenvalue weighted by atomic mass is 9.97. The zero-order valence-electron chi connectivity index (χ0n) is 15.5. The zero-order valence-corrected chi connectivity index (χ0v) is 15.5. The molecule has 0 radical (unpaired) electrons. The Labute approximate surface area is 153 Å². The molecule has 2 saturated heterocycles. The van der Waals surface area contributed by atoms with Gasteiger partial charge in [0.1, 0.15) is 12.1 Å². The third-order valence-electron chi connectivity index (χ3n) is 5.83. The lowest BCUT2D eigenvalue weighted by molar-refractivity contribution is -0.156.